The minimum Gasteiger partial charge on any atom is -0.444 e. The van der Waals surface area contributed by atoms with Gasteiger partial charge in [0.25, 0.3) is 0 Å². The Morgan fingerprint density at radius 3 is 3.00 bits per heavy atom. The second-order valence-electron chi connectivity index (χ2n) is 4.10. The number of rotatable bonds is 3. The fourth-order valence-electron chi connectivity index (χ4n) is 2.15. The van der Waals surface area contributed by atoms with Crippen LogP contribution in [0.5, 0.6) is 0 Å². The van der Waals surface area contributed by atoms with Gasteiger partial charge in [0.1, 0.15) is 12.4 Å². The van der Waals surface area contributed by atoms with Gasteiger partial charge in [-0.3, -0.25) is 14.5 Å². The molecule has 1 amide bonds. The monoisotopic (exact) mass is 235 g/mol. The van der Waals surface area contributed by atoms with Crippen LogP contribution in [0.15, 0.2) is 23.9 Å². The van der Waals surface area contributed by atoms with Crippen molar-refractivity contribution in [2.24, 2.45) is 0 Å². The van der Waals surface area contributed by atoms with E-state index in [4.69, 9.17) is 4.74 Å². The van der Waals surface area contributed by atoms with E-state index in [0.29, 0.717) is 24.8 Å². The predicted molar refractivity (Wildman–Crippen MR) is 59.1 cm³/mol. The molecule has 0 spiro atoms. The Balaban J connectivity index is 2.23. The number of allylic oxidation sites excluding steroid dienone is 3. The van der Waals surface area contributed by atoms with E-state index in [2.05, 4.69) is 0 Å². The van der Waals surface area contributed by atoms with Gasteiger partial charge in [-0.15, -0.1) is 0 Å². The molecular weight excluding hydrogens is 222 g/mol. The maximum atomic E-state index is 11.6. The van der Waals surface area contributed by atoms with Crippen LogP contribution in [-0.4, -0.2) is 35.2 Å². The summed E-state index contributed by atoms with van der Waals surface area (Å²) in [4.78, 5) is 34.9. The lowest BCUT2D eigenvalue weighted by atomic mass is 9.98. The number of ether oxygens (including phenoxy) is 1. The van der Waals surface area contributed by atoms with E-state index in [0.717, 1.165) is 0 Å². The van der Waals surface area contributed by atoms with E-state index in [1.54, 1.807) is 13.0 Å². The van der Waals surface area contributed by atoms with Crippen LogP contribution < -0.4 is 0 Å². The molecule has 5 nitrogen and oxygen atoms in total. The molecule has 2 aliphatic rings. The number of nitrogens with zero attached hydrogens (tertiary/aromatic N) is 1. The minimum atomic E-state index is -0.416. The maximum absolute atomic E-state index is 11.6. The minimum absolute atomic E-state index is 0.00842. The molecule has 0 unspecified atom stereocenters. The number of amides is 1. The van der Waals surface area contributed by atoms with E-state index in [1.165, 1.54) is 17.1 Å². The average molecular weight is 235 g/mol. The van der Waals surface area contributed by atoms with Crippen molar-refractivity contribution in [3.05, 3.63) is 23.9 Å². The number of carbonyl (C=O) groups excluding carboxylic acids is 3. The number of fused-ring (bicyclic) bond motifs is 1. The first-order valence-electron chi connectivity index (χ1n) is 5.47. The second-order valence-corrected chi connectivity index (χ2v) is 4.10. The highest BCUT2D eigenvalue weighted by atomic mass is 16.6. The standard InChI is InChI=1S/C12H13NO4/c1-8-11-7-10(15)6-9(4-2-3-5-14)13(11)12(16)17-8/h2-3,5-6,8,11H,4,7H2,1H3/b3-2-/t8-,11-/m1/s1. The molecule has 0 saturated carbocycles. The fourth-order valence-corrected chi connectivity index (χ4v) is 2.15. The summed E-state index contributed by atoms with van der Waals surface area (Å²) in [5, 5.41) is 0. The number of ketones is 1. The van der Waals surface area contributed by atoms with Crippen molar-refractivity contribution < 1.29 is 19.1 Å². The van der Waals surface area contributed by atoms with E-state index in [1.807, 2.05) is 0 Å². The van der Waals surface area contributed by atoms with Crippen molar-refractivity contribution in [1.29, 1.82) is 0 Å². The summed E-state index contributed by atoms with van der Waals surface area (Å²) in [5.74, 6) is -0.00842. The lowest BCUT2D eigenvalue weighted by Gasteiger charge is -2.28. The summed E-state index contributed by atoms with van der Waals surface area (Å²) in [6.07, 6.45) is 5.06. The largest absolute Gasteiger partial charge is 0.444 e. The highest BCUT2D eigenvalue weighted by Crippen LogP contribution is 2.31. The zero-order valence-corrected chi connectivity index (χ0v) is 9.46. The molecule has 5 heteroatoms. The average Bonchev–Trinajstić information content (AvgIpc) is 2.54. The van der Waals surface area contributed by atoms with Gasteiger partial charge in [-0.25, -0.2) is 4.79 Å². The molecule has 0 aromatic rings. The summed E-state index contributed by atoms with van der Waals surface area (Å²) in [6.45, 7) is 1.78. The van der Waals surface area contributed by atoms with Gasteiger partial charge in [-0.2, -0.15) is 0 Å². The van der Waals surface area contributed by atoms with Crippen LogP contribution in [0, 0.1) is 0 Å². The molecule has 90 valence electrons. The second kappa shape index (κ2) is 4.53. The molecule has 2 heterocycles. The third-order valence-electron chi connectivity index (χ3n) is 2.95. The first kappa shape index (κ1) is 11.6. The lowest BCUT2D eigenvalue weighted by Crippen LogP contribution is -2.40. The van der Waals surface area contributed by atoms with E-state index in [9.17, 15) is 14.4 Å². The molecule has 0 aromatic carbocycles. The molecule has 0 aliphatic carbocycles. The number of hydrogen-bond acceptors (Lipinski definition) is 4. The fraction of sp³-hybridized carbons (Fsp3) is 0.417. The highest BCUT2D eigenvalue weighted by molar-refractivity contribution is 5.94. The molecule has 1 fully saturated rings. The van der Waals surface area contributed by atoms with Gasteiger partial charge in [0.05, 0.1) is 6.04 Å². The molecule has 2 atom stereocenters. The zero-order chi connectivity index (χ0) is 12.4. The van der Waals surface area contributed by atoms with Gasteiger partial charge >= 0.3 is 6.09 Å². The van der Waals surface area contributed by atoms with Gasteiger partial charge < -0.3 is 4.74 Å². The number of hydrogen-bond donors (Lipinski definition) is 0. The SMILES string of the molecule is C[C@H]1OC(=O)N2C(C/C=C\C=O)=CC(=O)C[C@H]12. The van der Waals surface area contributed by atoms with Crippen LogP contribution in [0.3, 0.4) is 0 Å². The zero-order valence-electron chi connectivity index (χ0n) is 9.46. The summed E-state index contributed by atoms with van der Waals surface area (Å²) < 4.78 is 5.09. The maximum Gasteiger partial charge on any atom is 0.414 e. The van der Waals surface area contributed by atoms with Gasteiger partial charge in [-0.1, -0.05) is 6.08 Å². The van der Waals surface area contributed by atoms with Gasteiger partial charge in [-0.05, 0) is 13.0 Å². The van der Waals surface area contributed by atoms with Crippen LogP contribution in [-0.2, 0) is 14.3 Å². The molecule has 17 heavy (non-hydrogen) atoms. The summed E-state index contributed by atoms with van der Waals surface area (Å²) in [5.41, 5.74) is 0.596. The molecule has 0 bridgehead atoms. The van der Waals surface area contributed by atoms with Crippen molar-refractivity contribution in [2.45, 2.75) is 31.9 Å². The summed E-state index contributed by atoms with van der Waals surface area (Å²) in [7, 11) is 0. The van der Waals surface area contributed by atoms with E-state index < -0.39 is 6.09 Å². The Kier molecular flexibility index (Phi) is 3.08. The van der Waals surface area contributed by atoms with Crippen molar-refractivity contribution >= 4 is 18.2 Å². The third-order valence-corrected chi connectivity index (χ3v) is 2.95. The van der Waals surface area contributed by atoms with Crippen molar-refractivity contribution in [3.8, 4) is 0 Å². The van der Waals surface area contributed by atoms with Crippen LogP contribution in [0.1, 0.15) is 19.8 Å². The molecule has 1 saturated heterocycles. The smallest absolute Gasteiger partial charge is 0.414 e. The molecule has 2 aliphatic heterocycles. The molecule has 0 N–H and O–H groups in total. The Hall–Kier alpha value is -1.91. The van der Waals surface area contributed by atoms with Crippen LogP contribution in [0.25, 0.3) is 0 Å². The number of carbonyl (C=O) groups is 3. The van der Waals surface area contributed by atoms with E-state index in [-0.39, 0.29) is 17.9 Å². The number of cyclic esters (lactones) is 1. The molecule has 2 rings (SSSR count). The third kappa shape index (κ3) is 2.13. The first-order chi connectivity index (χ1) is 8.13. The Morgan fingerprint density at radius 1 is 1.53 bits per heavy atom. The van der Waals surface area contributed by atoms with Gasteiger partial charge in [0.15, 0.2) is 5.78 Å². The predicted octanol–water partition coefficient (Wildman–Crippen LogP) is 1.20. The highest BCUT2D eigenvalue weighted by Gasteiger charge is 2.43. The van der Waals surface area contributed by atoms with Crippen molar-refractivity contribution in [3.63, 3.8) is 0 Å². The molecule has 0 radical (unpaired) electrons. The quantitative estimate of drug-likeness (QED) is 0.544. The van der Waals surface area contributed by atoms with Crippen LogP contribution in [0.2, 0.25) is 0 Å². The number of aldehydes is 1. The molecular formula is C12H13NO4. The Bertz CT molecular complexity index is 424. The summed E-state index contributed by atoms with van der Waals surface area (Å²) >= 11 is 0. The van der Waals surface area contributed by atoms with E-state index >= 15 is 0 Å². The summed E-state index contributed by atoms with van der Waals surface area (Å²) in [6, 6.07) is -0.209. The Morgan fingerprint density at radius 2 is 2.29 bits per heavy atom. The van der Waals surface area contributed by atoms with Crippen molar-refractivity contribution in [1.82, 2.24) is 4.90 Å². The Labute approximate surface area is 98.7 Å². The van der Waals surface area contributed by atoms with Gasteiger partial charge in [0, 0.05) is 24.6 Å². The molecule has 0 aromatic heterocycles. The lowest BCUT2D eigenvalue weighted by molar-refractivity contribution is -0.116. The van der Waals surface area contributed by atoms with Crippen molar-refractivity contribution in [2.75, 3.05) is 0 Å². The normalized spacial score (nSPS) is 28.1. The topological polar surface area (TPSA) is 63.7 Å². The van der Waals surface area contributed by atoms with Crippen LogP contribution >= 0.6 is 0 Å². The van der Waals surface area contributed by atoms with Gasteiger partial charge in [0.2, 0.25) is 0 Å². The van der Waals surface area contributed by atoms with Crippen LogP contribution in [0.4, 0.5) is 4.79 Å². The first-order valence-corrected chi connectivity index (χ1v) is 5.47.